The smallest absolute Gasteiger partial charge is 0.0991 e. The van der Waals surface area contributed by atoms with Crippen LogP contribution in [0.5, 0.6) is 0 Å². The molecule has 0 N–H and O–H groups in total. The van der Waals surface area contributed by atoms with Crippen LogP contribution < -0.4 is 0 Å². The van der Waals surface area contributed by atoms with Crippen LogP contribution in [0, 0.1) is 11.3 Å². The topological polar surface area (TPSA) is 28.7 Å². The van der Waals surface area contributed by atoms with Crippen LogP contribution in [-0.4, -0.2) is 4.57 Å². The Morgan fingerprint density at radius 3 is 2.71 bits per heavy atom. The molecule has 2 heteroatoms. The first-order valence-electron chi connectivity index (χ1n) is 7.25. The van der Waals surface area contributed by atoms with E-state index in [-0.39, 0.29) is 0 Å². The first kappa shape index (κ1) is 13.5. The van der Waals surface area contributed by atoms with Gasteiger partial charge in [-0.2, -0.15) is 5.26 Å². The van der Waals surface area contributed by atoms with E-state index in [0.717, 1.165) is 12.1 Å². The maximum absolute atomic E-state index is 8.99. The zero-order valence-corrected chi connectivity index (χ0v) is 12.4. The van der Waals surface area contributed by atoms with Gasteiger partial charge in [-0.15, -0.1) is 0 Å². The van der Waals surface area contributed by atoms with Crippen molar-refractivity contribution in [3.8, 4) is 6.07 Å². The van der Waals surface area contributed by atoms with Crippen LogP contribution in [0.15, 0.2) is 54.7 Å². The number of hydrogen-bond acceptors (Lipinski definition) is 1. The van der Waals surface area contributed by atoms with Gasteiger partial charge >= 0.3 is 0 Å². The predicted octanol–water partition coefficient (Wildman–Crippen LogP) is 4.68. The monoisotopic (exact) mass is 274 g/mol. The van der Waals surface area contributed by atoms with Crippen molar-refractivity contribution in [2.75, 3.05) is 0 Å². The normalized spacial score (nSPS) is 11.0. The number of nitrogens with zero attached hydrogens (tertiary/aromatic N) is 2. The van der Waals surface area contributed by atoms with Gasteiger partial charge in [-0.3, -0.25) is 0 Å². The standard InChI is InChI=1S/C19H18N2/c1-14(2)17-6-7-19-18(11-17)8-9-21(19)13-16-5-3-4-15(10-16)12-20/h3-11,14H,13H2,1-2H3. The van der Waals surface area contributed by atoms with E-state index in [0.29, 0.717) is 11.5 Å². The van der Waals surface area contributed by atoms with Gasteiger partial charge in [-0.25, -0.2) is 0 Å². The molecule has 2 aromatic carbocycles. The van der Waals surface area contributed by atoms with Crippen molar-refractivity contribution in [3.63, 3.8) is 0 Å². The number of benzene rings is 2. The molecule has 0 saturated heterocycles. The Labute approximate surface area is 125 Å². The maximum Gasteiger partial charge on any atom is 0.0991 e. The highest BCUT2D eigenvalue weighted by atomic mass is 14.9. The lowest BCUT2D eigenvalue weighted by Crippen LogP contribution is -1.98. The maximum atomic E-state index is 8.99. The Morgan fingerprint density at radius 1 is 1.10 bits per heavy atom. The molecule has 0 unspecified atom stereocenters. The van der Waals surface area contributed by atoms with Crippen LogP contribution in [-0.2, 0) is 6.54 Å². The third kappa shape index (κ3) is 2.68. The van der Waals surface area contributed by atoms with Crippen molar-refractivity contribution >= 4 is 10.9 Å². The van der Waals surface area contributed by atoms with E-state index in [9.17, 15) is 0 Å². The lowest BCUT2D eigenvalue weighted by atomic mass is 10.0. The second kappa shape index (κ2) is 5.46. The molecule has 0 aliphatic heterocycles. The Hall–Kier alpha value is -2.53. The van der Waals surface area contributed by atoms with E-state index >= 15 is 0 Å². The van der Waals surface area contributed by atoms with Crippen molar-refractivity contribution < 1.29 is 0 Å². The van der Waals surface area contributed by atoms with Crippen molar-refractivity contribution in [2.24, 2.45) is 0 Å². The summed E-state index contributed by atoms with van der Waals surface area (Å²) in [5.41, 5.74) is 4.47. The minimum Gasteiger partial charge on any atom is -0.343 e. The summed E-state index contributed by atoms with van der Waals surface area (Å²) >= 11 is 0. The summed E-state index contributed by atoms with van der Waals surface area (Å²) in [4.78, 5) is 0. The van der Waals surface area contributed by atoms with Crippen molar-refractivity contribution in [3.05, 3.63) is 71.4 Å². The minimum atomic E-state index is 0.546. The summed E-state index contributed by atoms with van der Waals surface area (Å²) in [5.74, 6) is 0.546. The molecule has 0 fully saturated rings. The Bertz CT molecular complexity index is 819. The summed E-state index contributed by atoms with van der Waals surface area (Å²) in [6.45, 7) is 5.22. The predicted molar refractivity (Wildman–Crippen MR) is 86.3 cm³/mol. The van der Waals surface area contributed by atoms with E-state index in [2.05, 4.69) is 61.0 Å². The van der Waals surface area contributed by atoms with E-state index in [4.69, 9.17) is 5.26 Å². The third-order valence-electron chi connectivity index (χ3n) is 3.87. The molecule has 3 rings (SSSR count). The first-order chi connectivity index (χ1) is 10.2. The molecule has 2 nitrogen and oxygen atoms in total. The molecule has 0 atom stereocenters. The molecule has 1 heterocycles. The molecular formula is C19H18N2. The van der Waals surface area contributed by atoms with E-state index in [1.165, 1.54) is 16.5 Å². The number of nitriles is 1. The Balaban J connectivity index is 1.96. The second-order valence-electron chi connectivity index (χ2n) is 5.73. The minimum absolute atomic E-state index is 0.546. The van der Waals surface area contributed by atoms with E-state index in [1.54, 1.807) is 0 Å². The van der Waals surface area contributed by atoms with Gasteiger partial charge in [0.25, 0.3) is 0 Å². The molecule has 0 spiro atoms. The zero-order valence-electron chi connectivity index (χ0n) is 12.4. The van der Waals surface area contributed by atoms with Crippen LogP contribution >= 0.6 is 0 Å². The van der Waals surface area contributed by atoms with Gasteiger partial charge < -0.3 is 4.57 Å². The average molecular weight is 274 g/mol. The molecule has 3 aromatic rings. The fourth-order valence-corrected chi connectivity index (χ4v) is 2.65. The lowest BCUT2D eigenvalue weighted by molar-refractivity contribution is 0.834. The van der Waals surface area contributed by atoms with Gasteiger partial charge in [0.05, 0.1) is 11.6 Å². The highest BCUT2D eigenvalue weighted by Gasteiger charge is 2.05. The summed E-state index contributed by atoms with van der Waals surface area (Å²) in [5, 5.41) is 10.3. The van der Waals surface area contributed by atoms with Crippen LogP contribution in [0.2, 0.25) is 0 Å². The first-order valence-corrected chi connectivity index (χ1v) is 7.25. The molecule has 0 aliphatic carbocycles. The van der Waals surface area contributed by atoms with Crippen molar-refractivity contribution in [1.29, 1.82) is 5.26 Å². The Kier molecular flexibility index (Phi) is 3.50. The van der Waals surface area contributed by atoms with Crippen LogP contribution in [0.25, 0.3) is 10.9 Å². The van der Waals surface area contributed by atoms with E-state index in [1.807, 2.05) is 18.2 Å². The fraction of sp³-hybridized carbons (Fsp3) is 0.211. The molecule has 0 saturated carbocycles. The quantitative estimate of drug-likeness (QED) is 0.681. The number of fused-ring (bicyclic) bond motifs is 1. The molecule has 104 valence electrons. The van der Waals surface area contributed by atoms with Gasteiger partial charge in [-0.1, -0.05) is 32.0 Å². The molecule has 21 heavy (non-hydrogen) atoms. The SMILES string of the molecule is CC(C)c1ccc2c(ccn2Cc2cccc(C#N)c2)c1. The number of rotatable bonds is 3. The molecule has 0 amide bonds. The van der Waals surface area contributed by atoms with Gasteiger partial charge in [0, 0.05) is 18.3 Å². The van der Waals surface area contributed by atoms with Gasteiger partial charge in [0.15, 0.2) is 0 Å². The second-order valence-corrected chi connectivity index (χ2v) is 5.73. The molecule has 1 aromatic heterocycles. The van der Waals surface area contributed by atoms with Gasteiger partial charge in [0.1, 0.15) is 0 Å². The van der Waals surface area contributed by atoms with Gasteiger partial charge in [0.2, 0.25) is 0 Å². The summed E-state index contributed by atoms with van der Waals surface area (Å²) < 4.78 is 2.23. The summed E-state index contributed by atoms with van der Waals surface area (Å²) in [6, 6.07) is 18.8. The zero-order chi connectivity index (χ0) is 14.8. The highest BCUT2D eigenvalue weighted by molar-refractivity contribution is 5.81. The average Bonchev–Trinajstić information content (AvgIpc) is 2.90. The summed E-state index contributed by atoms with van der Waals surface area (Å²) in [6.07, 6.45) is 2.12. The van der Waals surface area contributed by atoms with Crippen LogP contribution in [0.4, 0.5) is 0 Å². The molecular weight excluding hydrogens is 256 g/mol. The van der Waals surface area contributed by atoms with Crippen molar-refractivity contribution in [1.82, 2.24) is 4.57 Å². The van der Waals surface area contributed by atoms with Crippen LogP contribution in [0.1, 0.15) is 36.5 Å². The van der Waals surface area contributed by atoms with Crippen LogP contribution in [0.3, 0.4) is 0 Å². The van der Waals surface area contributed by atoms with Gasteiger partial charge in [-0.05, 0) is 52.8 Å². The van der Waals surface area contributed by atoms with Crippen molar-refractivity contribution in [2.45, 2.75) is 26.3 Å². The Morgan fingerprint density at radius 2 is 1.95 bits per heavy atom. The fourth-order valence-electron chi connectivity index (χ4n) is 2.65. The number of aromatic nitrogens is 1. The van der Waals surface area contributed by atoms with E-state index < -0.39 is 0 Å². The highest BCUT2D eigenvalue weighted by Crippen LogP contribution is 2.23. The number of hydrogen-bond donors (Lipinski definition) is 0. The third-order valence-corrected chi connectivity index (χ3v) is 3.87. The largest absolute Gasteiger partial charge is 0.343 e. The molecule has 0 aliphatic rings. The molecule has 0 radical (unpaired) electrons. The lowest BCUT2D eigenvalue weighted by Gasteiger charge is -2.08. The summed E-state index contributed by atoms with van der Waals surface area (Å²) in [7, 11) is 0. The molecule has 0 bridgehead atoms.